The van der Waals surface area contributed by atoms with E-state index in [9.17, 15) is 0 Å². The molecule has 0 unspecified atom stereocenters. The molecule has 0 aliphatic carbocycles. The van der Waals surface area contributed by atoms with E-state index in [1.54, 1.807) is 11.3 Å². The van der Waals surface area contributed by atoms with Crippen molar-refractivity contribution < 1.29 is 0 Å². The van der Waals surface area contributed by atoms with Crippen LogP contribution in [0.15, 0.2) is 0 Å². The fourth-order valence-electron chi connectivity index (χ4n) is 2.27. The zero-order valence-electron chi connectivity index (χ0n) is 9.79. The number of rotatable bonds is 2. The van der Waals surface area contributed by atoms with Crippen LogP contribution < -0.4 is 5.73 Å². The molecule has 2 N–H and O–H groups in total. The lowest BCUT2D eigenvalue weighted by molar-refractivity contribution is 0.229. The van der Waals surface area contributed by atoms with E-state index in [0.717, 1.165) is 31.6 Å². The lowest BCUT2D eigenvalue weighted by atomic mass is 10.0. The van der Waals surface area contributed by atoms with Crippen LogP contribution in [-0.2, 0) is 13.0 Å². The number of thiophene rings is 1. The molecule has 1 aromatic rings. The van der Waals surface area contributed by atoms with E-state index < -0.39 is 0 Å². The Bertz CT molecular complexity index is 428. The molecule has 0 aromatic carbocycles. The van der Waals surface area contributed by atoms with Crippen LogP contribution in [0.2, 0.25) is 0 Å². The molecular weight excluding hydrogens is 218 g/mol. The fourth-order valence-corrected chi connectivity index (χ4v) is 3.38. The van der Waals surface area contributed by atoms with Gasteiger partial charge in [-0.1, -0.05) is 13.8 Å². The van der Waals surface area contributed by atoms with Crippen molar-refractivity contribution in [3.05, 3.63) is 16.0 Å². The van der Waals surface area contributed by atoms with E-state index in [4.69, 9.17) is 11.0 Å². The number of nitriles is 1. The molecule has 0 radical (unpaired) electrons. The van der Waals surface area contributed by atoms with Crippen molar-refractivity contribution in [1.29, 1.82) is 5.26 Å². The van der Waals surface area contributed by atoms with Gasteiger partial charge in [0.1, 0.15) is 11.1 Å². The van der Waals surface area contributed by atoms with E-state index in [1.165, 1.54) is 10.4 Å². The SMILES string of the molecule is CC(C)CN1CCc2c(sc(N)c2C#N)C1. The molecule has 1 aliphatic heterocycles. The summed E-state index contributed by atoms with van der Waals surface area (Å²) in [6.45, 7) is 7.61. The maximum absolute atomic E-state index is 9.04. The first-order chi connectivity index (χ1) is 7.61. The van der Waals surface area contributed by atoms with Gasteiger partial charge in [-0.05, 0) is 17.9 Å². The van der Waals surface area contributed by atoms with Gasteiger partial charge in [0.25, 0.3) is 0 Å². The fraction of sp³-hybridized carbons (Fsp3) is 0.583. The average molecular weight is 235 g/mol. The van der Waals surface area contributed by atoms with E-state index >= 15 is 0 Å². The molecule has 16 heavy (non-hydrogen) atoms. The average Bonchev–Trinajstić information content (AvgIpc) is 2.51. The highest BCUT2D eigenvalue weighted by Crippen LogP contribution is 2.34. The summed E-state index contributed by atoms with van der Waals surface area (Å²) < 4.78 is 0. The van der Waals surface area contributed by atoms with E-state index in [1.807, 2.05) is 0 Å². The first kappa shape index (κ1) is 11.4. The molecule has 3 nitrogen and oxygen atoms in total. The van der Waals surface area contributed by atoms with Gasteiger partial charge in [0, 0.05) is 24.5 Å². The van der Waals surface area contributed by atoms with Crippen LogP contribution in [0.4, 0.5) is 5.00 Å². The summed E-state index contributed by atoms with van der Waals surface area (Å²) in [5.74, 6) is 0.689. The van der Waals surface area contributed by atoms with E-state index in [0.29, 0.717) is 10.9 Å². The quantitative estimate of drug-likeness (QED) is 0.855. The van der Waals surface area contributed by atoms with Crippen LogP contribution in [0.25, 0.3) is 0 Å². The second-order valence-electron chi connectivity index (χ2n) is 4.73. The van der Waals surface area contributed by atoms with Gasteiger partial charge in [0.05, 0.1) is 5.56 Å². The molecule has 86 valence electrons. The summed E-state index contributed by atoms with van der Waals surface area (Å²) in [5, 5.41) is 9.73. The molecule has 0 saturated heterocycles. The summed E-state index contributed by atoms with van der Waals surface area (Å²) in [6.07, 6.45) is 0.971. The molecule has 1 aromatic heterocycles. The van der Waals surface area contributed by atoms with Crippen LogP contribution in [0.5, 0.6) is 0 Å². The van der Waals surface area contributed by atoms with Gasteiger partial charge in [0.15, 0.2) is 0 Å². The number of hydrogen-bond acceptors (Lipinski definition) is 4. The maximum Gasteiger partial charge on any atom is 0.104 e. The summed E-state index contributed by atoms with van der Waals surface area (Å²) >= 11 is 1.59. The Kier molecular flexibility index (Phi) is 3.17. The molecule has 2 heterocycles. The molecule has 0 saturated carbocycles. The third kappa shape index (κ3) is 2.06. The normalized spacial score (nSPS) is 16.1. The minimum atomic E-state index is 0.689. The molecule has 1 aliphatic rings. The molecule has 0 amide bonds. The lowest BCUT2D eigenvalue weighted by Crippen LogP contribution is -2.32. The van der Waals surface area contributed by atoms with Crippen molar-refractivity contribution in [3.63, 3.8) is 0 Å². The first-order valence-corrected chi connectivity index (χ1v) is 6.46. The molecule has 0 atom stereocenters. The highest BCUT2D eigenvalue weighted by atomic mass is 32.1. The van der Waals surface area contributed by atoms with Crippen molar-refractivity contribution >= 4 is 16.3 Å². The third-order valence-electron chi connectivity index (χ3n) is 2.90. The second kappa shape index (κ2) is 4.44. The molecule has 0 fully saturated rings. The van der Waals surface area contributed by atoms with Crippen molar-refractivity contribution in [2.45, 2.75) is 26.8 Å². The molecule has 0 bridgehead atoms. The number of nitrogen functional groups attached to an aromatic ring is 1. The number of hydrogen-bond donors (Lipinski definition) is 1. The zero-order valence-corrected chi connectivity index (χ0v) is 10.6. The zero-order chi connectivity index (χ0) is 11.7. The summed E-state index contributed by atoms with van der Waals surface area (Å²) in [6, 6.07) is 2.23. The van der Waals surface area contributed by atoms with Crippen LogP contribution in [0.3, 0.4) is 0 Å². The van der Waals surface area contributed by atoms with Crippen LogP contribution >= 0.6 is 11.3 Å². The lowest BCUT2D eigenvalue weighted by Gasteiger charge is -2.28. The minimum absolute atomic E-state index is 0.689. The monoisotopic (exact) mass is 235 g/mol. The van der Waals surface area contributed by atoms with Crippen LogP contribution in [0.1, 0.15) is 29.9 Å². The van der Waals surface area contributed by atoms with Crippen molar-refractivity contribution in [1.82, 2.24) is 4.90 Å². The Balaban J connectivity index is 2.20. The Morgan fingerprint density at radius 2 is 2.31 bits per heavy atom. The predicted octanol–water partition coefficient (Wildman–Crippen LogP) is 2.22. The standard InChI is InChI=1S/C12H17N3S/c1-8(2)6-15-4-3-9-10(5-13)12(14)16-11(9)7-15/h8H,3-4,6-7,14H2,1-2H3. The predicted molar refractivity (Wildman–Crippen MR) is 67.3 cm³/mol. The van der Waals surface area contributed by atoms with Crippen LogP contribution in [0, 0.1) is 17.2 Å². The summed E-state index contributed by atoms with van der Waals surface area (Å²) in [5.41, 5.74) is 7.78. The first-order valence-electron chi connectivity index (χ1n) is 5.64. The molecule has 0 spiro atoms. The largest absolute Gasteiger partial charge is 0.389 e. The molecule has 4 heteroatoms. The topological polar surface area (TPSA) is 53.0 Å². The number of fused-ring (bicyclic) bond motifs is 1. The van der Waals surface area contributed by atoms with Crippen molar-refractivity contribution in [2.75, 3.05) is 18.8 Å². The van der Waals surface area contributed by atoms with E-state index in [-0.39, 0.29) is 0 Å². The molecular formula is C12H17N3S. The maximum atomic E-state index is 9.04. The van der Waals surface area contributed by atoms with Gasteiger partial charge < -0.3 is 5.73 Å². The number of anilines is 1. The highest BCUT2D eigenvalue weighted by molar-refractivity contribution is 7.16. The van der Waals surface area contributed by atoms with Crippen molar-refractivity contribution in [2.24, 2.45) is 5.92 Å². The van der Waals surface area contributed by atoms with Gasteiger partial charge in [0.2, 0.25) is 0 Å². The summed E-state index contributed by atoms with van der Waals surface area (Å²) in [7, 11) is 0. The second-order valence-corrected chi connectivity index (χ2v) is 5.87. The Morgan fingerprint density at radius 3 is 2.94 bits per heavy atom. The van der Waals surface area contributed by atoms with Gasteiger partial charge in [-0.15, -0.1) is 11.3 Å². The smallest absolute Gasteiger partial charge is 0.104 e. The Labute approximate surface area is 100 Å². The Hall–Kier alpha value is -1.05. The van der Waals surface area contributed by atoms with Crippen molar-refractivity contribution in [3.8, 4) is 6.07 Å². The number of nitrogens with two attached hydrogens (primary N) is 1. The van der Waals surface area contributed by atoms with Gasteiger partial charge >= 0.3 is 0 Å². The third-order valence-corrected chi connectivity index (χ3v) is 3.94. The van der Waals surface area contributed by atoms with Gasteiger partial charge in [-0.25, -0.2) is 0 Å². The Morgan fingerprint density at radius 1 is 1.56 bits per heavy atom. The molecule has 2 rings (SSSR count). The summed E-state index contributed by atoms with van der Waals surface area (Å²) in [4.78, 5) is 3.74. The van der Waals surface area contributed by atoms with E-state index in [2.05, 4.69) is 24.8 Å². The minimum Gasteiger partial charge on any atom is -0.389 e. The van der Waals surface area contributed by atoms with Gasteiger partial charge in [-0.3, -0.25) is 4.90 Å². The van der Waals surface area contributed by atoms with Crippen LogP contribution in [-0.4, -0.2) is 18.0 Å². The highest BCUT2D eigenvalue weighted by Gasteiger charge is 2.23. The van der Waals surface area contributed by atoms with Gasteiger partial charge in [-0.2, -0.15) is 5.26 Å². The number of nitrogens with zero attached hydrogens (tertiary/aromatic N) is 2.